The first-order chi connectivity index (χ1) is 20.5. The Morgan fingerprint density at radius 2 is 1.81 bits per heavy atom. The third kappa shape index (κ3) is 6.33. The van der Waals surface area contributed by atoms with Crippen LogP contribution in [-0.2, 0) is 12.8 Å². The number of hydrogen-bond donors (Lipinski definition) is 0. The van der Waals surface area contributed by atoms with E-state index in [0.29, 0.717) is 5.56 Å². The maximum atomic E-state index is 13.5. The lowest BCUT2D eigenvalue weighted by molar-refractivity contribution is -0.384. The number of non-ortho nitro benzene ring substituents is 1. The third-order valence-electron chi connectivity index (χ3n) is 6.29. The quantitative estimate of drug-likeness (QED) is 0.105. The molecule has 9 nitrogen and oxygen atoms in total. The van der Waals surface area contributed by atoms with E-state index in [9.17, 15) is 28.1 Å². The molecule has 0 bridgehead atoms. The van der Waals surface area contributed by atoms with E-state index in [1.165, 1.54) is 61.9 Å². The first-order valence-electron chi connectivity index (χ1n) is 12.5. The van der Waals surface area contributed by atoms with Crippen molar-refractivity contribution in [3.05, 3.63) is 127 Å². The predicted octanol–water partition coefficient (Wildman–Crippen LogP) is 7.11. The highest BCUT2D eigenvalue weighted by Crippen LogP contribution is 2.35. The van der Waals surface area contributed by atoms with Crippen LogP contribution in [0, 0.1) is 10.1 Å². The number of alkyl halides is 3. The van der Waals surface area contributed by atoms with Gasteiger partial charge in [-0.15, -0.1) is 0 Å². The molecule has 4 aromatic carbocycles. The summed E-state index contributed by atoms with van der Waals surface area (Å²) in [6.07, 6.45) is -3.38. The summed E-state index contributed by atoms with van der Waals surface area (Å²) < 4.78 is 52.8. The number of rotatable bonds is 8. The minimum absolute atomic E-state index is 0.0145. The minimum Gasteiger partial charge on any atom is -0.493 e. The maximum Gasteiger partial charge on any atom is 0.416 e. The molecule has 0 amide bonds. The first-order valence-corrected chi connectivity index (χ1v) is 12.9. The van der Waals surface area contributed by atoms with Gasteiger partial charge in [-0.3, -0.25) is 14.9 Å². The van der Waals surface area contributed by atoms with Crippen molar-refractivity contribution in [3.63, 3.8) is 0 Å². The van der Waals surface area contributed by atoms with E-state index < -0.39 is 22.2 Å². The van der Waals surface area contributed by atoms with Crippen LogP contribution in [-0.4, -0.2) is 27.9 Å². The van der Waals surface area contributed by atoms with E-state index in [2.05, 4.69) is 10.1 Å². The van der Waals surface area contributed by atoms with Gasteiger partial charge in [0.15, 0.2) is 17.3 Å². The molecule has 0 N–H and O–H groups in total. The van der Waals surface area contributed by atoms with E-state index in [1.54, 1.807) is 24.3 Å². The minimum atomic E-state index is -4.62. The summed E-state index contributed by atoms with van der Waals surface area (Å²) in [6, 6.07) is 19.6. The second-order valence-corrected chi connectivity index (χ2v) is 9.57. The second-order valence-electron chi connectivity index (χ2n) is 9.13. The fourth-order valence-electron chi connectivity index (χ4n) is 4.28. The van der Waals surface area contributed by atoms with Crippen LogP contribution in [0.25, 0.3) is 22.3 Å². The highest BCUT2D eigenvalue weighted by molar-refractivity contribution is 6.31. The van der Waals surface area contributed by atoms with Crippen LogP contribution in [0.1, 0.15) is 16.7 Å². The number of methoxy groups -OCH3 is 1. The Kier molecular flexibility index (Phi) is 8.13. The van der Waals surface area contributed by atoms with E-state index in [-0.39, 0.29) is 56.7 Å². The van der Waals surface area contributed by atoms with E-state index in [4.69, 9.17) is 21.1 Å². The number of para-hydroxylation sites is 1. The molecule has 218 valence electrons. The van der Waals surface area contributed by atoms with Crippen molar-refractivity contribution in [3.8, 4) is 22.9 Å². The first kappa shape index (κ1) is 29.3. The van der Waals surface area contributed by atoms with Crippen molar-refractivity contribution in [2.24, 2.45) is 5.10 Å². The average Bonchev–Trinajstić information content (AvgIpc) is 2.99. The fourth-order valence-corrected chi connectivity index (χ4v) is 4.49. The molecule has 0 fully saturated rings. The average molecular weight is 609 g/mol. The lowest BCUT2D eigenvalue weighted by Crippen LogP contribution is -2.20. The summed E-state index contributed by atoms with van der Waals surface area (Å²) in [6.45, 7) is -0.0898. The topological polar surface area (TPSA) is 109 Å². The van der Waals surface area contributed by atoms with Gasteiger partial charge >= 0.3 is 6.18 Å². The number of hydrogen-bond acceptors (Lipinski definition) is 7. The van der Waals surface area contributed by atoms with Gasteiger partial charge in [0.2, 0.25) is 0 Å². The Hall–Kier alpha value is -5.23. The monoisotopic (exact) mass is 608 g/mol. The van der Waals surface area contributed by atoms with Crippen molar-refractivity contribution in [2.45, 2.75) is 12.8 Å². The number of nitrogens with zero attached hydrogens (tertiary/aromatic N) is 4. The van der Waals surface area contributed by atoms with Crippen LogP contribution in [0.15, 0.2) is 94.8 Å². The molecule has 1 heterocycles. The number of aromatic nitrogens is 2. The van der Waals surface area contributed by atoms with Gasteiger partial charge in [0.25, 0.3) is 11.2 Å². The number of fused-ring (bicyclic) bond motifs is 1. The van der Waals surface area contributed by atoms with Gasteiger partial charge in [-0.05, 0) is 35.9 Å². The van der Waals surface area contributed by atoms with Crippen LogP contribution in [0.3, 0.4) is 0 Å². The Labute approximate surface area is 246 Å². The zero-order valence-electron chi connectivity index (χ0n) is 22.2. The van der Waals surface area contributed by atoms with Crippen molar-refractivity contribution >= 4 is 34.4 Å². The van der Waals surface area contributed by atoms with Crippen LogP contribution in [0.2, 0.25) is 5.02 Å². The number of nitro groups is 1. The van der Waals surface area contributed by atoms with Crippen molar-refractivity contribution in [1.29, 1.82) is 0 Å². The summed E-state index contributed by atoms with van der Waals surface area (Å²) in [5.74, 6) is 0.241. The van der Waals surface area contributed by atoms with Gasteiger partial charge in [-0.25, -0.2) is 4.98 Å². The van der Waals surface area contributed by atoms with Crippen molar-refractivity contribution in [2.75, 3.05) is 7.11 Å². The lowest BCUT2D eigenvalue weighted by atomic mass is 10.1. The van der Waals surface area contributed by atoms with Crippen LogP contribution in [0.4, 0.5) is 18.9 Å². The van der Waals surface area contributed by atoms with Crippen LogP contribution >= 0.6 is 11.6 Å². The molecular formula is C30H20ClF3N4O5. The standard InChI is InChI=1S/C30H20ClF3N4O5/c1-42-26-15-22(31)14-20(27(26)43-17-18-6-4-9-23(12-18)38(40)41)16-35-37-28(19-7-5-8-21(13-19)30(32,33)34)36-25-11-3-2-10-24(25)29(37)39/h2-16H,17H2,1H3. The Morgan fingerprint density at radius 3 is 2.56 bits per heavy atom. The summed E-state index contributed by atoms with van der Waals surface area (Å²) in [4.78, 5) is 28.7. The highest BCUT2D eigenvalue weighted by atomic mass is 35.5. The van der Waals surface area contributed by atoms with Crippen molar-refractivity contribution < 1.29 is 27.6 Å². The predicted molar refractivity (Wildman–Crippen MR) is 155 cm³/mol. The molecule has 43 heavy (non-hydrogen) atoms. The molecule has 0 aliphatic carbocycles. The number of benzene rings is 4. The number of halogens is 4. The van der Waals surface area contributed by atoms with Gasteiger partial charge in [0.1, 0.15) is 6.61 Å². The number of ether oxygens (including phenoxy) is 2. The summed E-state index contributed by atoms with van der Waals surface area (Å²) in [5.41, 5.74) is -0.615. The Bertz CT molecular complexity index is 1940. The largest absolute Gasteiger partial charge is 0.493 e. The summed E-state index contributed by atoms with van der Waals surface area (Å²) in [5, 5.41) is 15.9. The smallest absolute Gasteiger partial charge is 0.416 e. The van der Waals surface area contributed by atoms with Crippen LogP contribution in [0.5, 0.6) is 11.5 Å². The fraction of sp³-hybridized carbons (Fsp3) is 0.100. The third-order valence-corrected chi connectivity index (χ3v) is 6.51. The zero-order valence-corrected chi connectivity index (χ0v) is 23.0. The van der Waals surface area contributed by atoms with Gasteiger partial charge in [0, 0.05) is 34.3 Å². The van der Waals surface area contributed by atoms with E-state index >= 15 is 0 Å². The molecule has 0 atom stereocenters. The molecule has 0 saturated carbocycles. The van der Waals surface area contributed by atoms with Gasteiger partial charge in [-0.2, -0.15) is 22.9 Å². The molecule has 0 aliphatic heterocycles. The SMILES string of the molecule is COc1cc(Cl)cc(C=Nn2c(-c3cccc(C(F)(F)F)c3)nc3ccccc3c2=O)c1OCc1cccc([N+](=O)[O-])c1. The second kappa shape index (κ2) is 11.9. The van der Waals surface area contributed by atoms with E-state index in [1.807, 2.05) is 0 Å². The van der Waals surface area contributed by atoms with Gasteiger partial charge in [0.05, 0.1) is 34.7 Å². The Morgan fingerprint density at radius 1 is 1.05 bits per heavy atom. The van der Waals surface area contributed by atoms with E-state index in [0.717, 1.165) is 16.8 Å². The molecular weight excluding hydrogens is 589 g/mol. The molecule has 0 spiro atoms. The molecule has 5 rings (SSSR count). The van der Waals surface area contributed by atoms with Crippen molar-refractivity contribution in [1.82, 2.24) is 9.66 Å². The molecule has 0 unspecified atom stereocenters. The van der Waals surface area contributed by atoms with Gasteiger partial charge < -0.3 is 9.47 Å². The molecule has 0 radical (unpaired) electrons. The van der Waals surface area contributed by atoms with Gasteiger partial charge in [-0.1, -0.05) is 48.0 Å². The summed E-state index contributed by atoms with van der Waals surface area (Å²) >= 11 is 6.29. The number of nitro benzene ring substituents is 1. The van der Waals surface area contributed by atoms with Crippen LogP contribution < -0.4 is 15.0 Å². The normalized spacial score (nSPS) is 11.7. The molecule has 0 saturated heterocycles. The highest BCUT2D eigenvalue weighted by Gasteiger charge is 2.31. The lowest BCUT2D eigenvalue weighted by Gasteiger charge is -2.15. The molecule has 13 heteroatoms. The molecule has 0 aliphatic rings. The zero-order chi connectivity index (χ0) is 30.7. The maximum absolute atomic E-state index is 13.5. The Balaban J connectivity index is 1.62. The molecule has 1 aromatic heterocycles. The summed E-state index contributed by atoms with van der Waals surface area (Å²) in [7, 11) is 1.39. The molecule has 5 aromatic rings.